The van der Waals surface area contributed by atoms with Crippen molar-refractivity contribution in [2.24, 2.45) is 5.92 Å². The number of ether oxygens (including phenoxy) is 4. The zero-order valence-corrected chi connectivity index (χ0v) is 24.0. The molecule has 0 bridgehead atoms. The second-order valence-corrected chi connectivity index (χ2v) is 10.5. The first kappa shape index (κ1) is 30.0. The van der Waals surface area contributed by atoms with E-state index in [-0.39, 0.29) is 64.3 Å². The molecule has 220 valence electrons. The molecule has 1 amide bonds. The highest BCUT2D eigenvalue weighted by Gasteiger charge is 2.61. The van der Waals surface area contributed by atoms with Gasteiger partial charge in [0.05, 0.1) is 27.4 Å². The van der Waals surface area contributed by atoms with Crippen molar-refractivity contribution in [3.8, 4) is 28.7 Å². The number of fused-ring (bicyclic) bond motifs is 1. The number of nitrogens with one attached hydrogen (secondary N) is 1. The van der Waals surface area contributed by atoms with Crippen molar-refractivity contribution < 1.29 is 48.7 Å². The smallest absolute Gasteiger partial charge is 0.231 e. The Morgan fingerprint density at radius 3 is 2.39 bits per heavy atom. The van der Waals surface area contributed by atoms with Crippen molar-refractivity contribution in [3.63, 3.8) is 0 Å². The lowest BCUT2D eigenvalue weighted by Crippen LogP contribution is -2.53. The molecule has 1 heterocycles. The lowest BCUT2D eigenvalue weighted by molar-refractivity contribution is -0.122. The molecule has 12 heteroatoms. The van der Waals surface area contributed by atoms with Crippen LogP contribution in [0, 0.1) is 5.92 Å². The number of allylic oxidation sites excluding steroid dienone is 1. The quantitative estimate of drug-likeness (QED) is 0.341. The maximum absolute atomic E-state index is 14.1. The minimum absolute atomic E-state index is 0.00991. The average molecular weight is 590 g/mol. The van der Waals surface area contributed by atoms with Crippen LogP contribution >= 0.6 is 11.6 Å². The van der Waals surface area contributed by atoms with E-state index in [0.29, 0.717) is 5.56 Å². The molecule has 0 saturated heterocycles. The highest BCUT2D eigenvalue weighted by molar-refractivity contribution is 6.35. The highest BCUT2D eigenvalue weighted by atomic mass is 35.5. The largest absolute Gasteiger partial charge is 0.507 e. The van der Waals surface area contributed by atoms with Crippen LogP contribution in [0.25, 0.3) is 0 Å². The summed E-state index contributed by atoms with van der Waals surface area (Å²) in [5.41, 5.74) is -1.90. The first-order valence-corrected chi connectivity index (χ1v) is 13.3. The highest BCUT2D eigenvalue weighted by Crippen LogP contribution is 2.56. The van der Waals surface area contributed by atoms with E-state index in [2.05, 4.69) is 5.32 Å². The third-order valence-electron chi connectivity index (χ3n) is 7.45. The second kappa shape index (κ2) is 11.5. The molecular formula is C29H32ClNO10. The summed E-state index contributed by atoms with van der Waals surface area (Å²) in [6.07, 6.45) is -1.36. The standard InChI is InChI=1S/C29H32ClNO10/c1-13-8-18(34)23(16(10-22(35)31-12-14(2)32)15-6-7-17(33)19(9-15)38-3)27(36)29(13)28(37)24-20(39-4)11-21(40-5)25(30)26(24)41-29/h6-7,9,11,13-14,16,32-33,36H,8,10,12H2,1-5H3,(H,31,35)/t13-,14-,16?,29+/m1/s1. The Hall–Kier alpha value is -3.96. The normalized spacial score (nSPS) is 21.3. The molecule has 1 aliphatic heterocycles. The van der Waals surface area contributed by atoms with Crippen molar-refractivity contribution in [3.05, 3.63) is 51.7 Å². The van der Waals surface area contributed by atoms with E-state index < -0.39 is 46.8 Å². The predicted octanol–water partition coefficient (Wildman–Crippen LogP) is 3.48. The summed E-state index contributed by atoms with van der Waals surface area (Å²) in [7, 11) is 4.09. The van der Waals surface area contributed by atoms with Crippen LogP contribution in [0.4, 0.5) is 0 Å². The van der Waals surface area contributed by atoms with Gasteiger partial charge in [-0.15, -0.1) is 0 Å². The monoisotopic (exact) mass is 589 g/mol. The molecule has 0 fully saturated rings. The SMILES string of the molecule is COc1cc(C(CC(=O)NC[C@@H](C)O)C2=C(O)[C@@]3(Oc4c(Cl)c(OC)cc(OC)c4C3=O)[C@H](C)CC2=O)ccc1O. The third kappa shape index (κ3) is 5.04. The number of hydrogen-bond acceptors (Lipinski definition) is 10. The molecular weight excluding hydrogens is 558 g/mol. The molecule has 2 aliphatic rings. The molecule has 4 N–H and O–H groups in total. The summed E-state index contributed by atoms with van der Waals surface area (Å²) >= 11 is 6.51. The van der Waals surface area contributed by atoms with Gasteiger partial charge in [-0.2, -0.15) is 0 Å². The van der Waals surface area contributed by atoms with Crippen LogP contribution in [-0.2, 0) is 9.59 Å². The van der Waals surface area contributed by atoms with Gasteiger partial charge in [0, 0.05) is 42.9 Å². The number of benzene rings is 2. The molecule has 1 unspecified atom stereocenters. The summed E-state index contributed by atoms with van der Waals surface area (Å²) in [5.74, 6) is -4.12. The molecule has 0 radical (unpaired) electrons. The molecule has 1 aliphatic carbocycles. The third-order valence-corrected chi connectivity index (χ3v) is 7.81. The van der Waals surface area contributed by atoms with Crippen LogP contribution < -0.4 is 24.3 Å². The van der Waals surface area contributed by atoms with Gasteiger partial charge in [0.25, 0.3) is 0 Å². The van der Waals surface area contributed by atoms with E-state index in [1.807, 2.05) is 0 Å². The van der Waals surface area contributed by atoms with E-state index in [9.17, 15) is 29.7 Å². The fourth-order valence-corrected chi connectivity index (χ4v) is 5.62. The number of hydrogen-bond donors (Lipinski definition) is 4. The van der Waals surface area contributed by atoms with Crippen LogP contribution in [0.5, 0.6) is 28.7 Å². The van der Waals surface area contributed by atoms with Crippen LogP contribution in [0.3, 0.4) is 0 Å². The Bertz CT molecular complexity index is 1440. The maximum atomic E-state index is 14.1. The first-order valence-electron chi connectivity index (χ1n) is 12.9. The maximum Gasteiger partial charge on any atom is 0.231 e. The number of amides is 1. The van der Waals surface area contributed by atoms with Crippen molar-refractivity contribution in [2.75, 3.05) is 27.9 Å². The second-order valence-electron chi connectivity index (χ2n) is 10.1. The van der Waals surface area contributed by atoms with Gasteiger partial charge in [-0.1, -0.05) is 24.6 Å². The molecule has 0 aromatic heterocycles. The van der Waals surface area contributed by atoms with Gasteiger partial charge in [-0.05, 0) is 24.6 Å². The van der Waals surface area contributed by atoms with E-state index in [1.54, 1.807) is 6.92 Å². The lowest BCUT2D eigenvalue weighted by atomic mass is 9.69. The van der Waals surface area contributed by atoms with E-state index in [1.165, 1.54) is 52.5 Å². The van der Waals surface area contributed by atoms with Gasteiger partial charge in [0.2, 0.25) is 17.3 Å². The Labute approximate surface area is 241 Å². The number of phenolic OH excluding ortho intramolecular Hbond substituents is 1. The van der Waals surface area contributed by atoms with Gasteiger partial charge >= 0.3 is 0 Å². The fraction of sp³-hybridized carbons (Fsp3) is 0.414. The number of rotatable bonds is 9. The number of ketones is 2. The number of Topliss-reactive ketones (excluding diaryl/α,β-unsaturated/α-hetero) is 2. The Kier molecular flexibility index (Phi) is 8.41. The summed E-state index contributed by atoms with van der Waals surface area (Å²) in [5, 5.41) is 34.2. The number of methoxy groups -OCH3 is 3. The van der Waals surface area contributed by atoms with Crippen LogP contribution in [0.2, 0.25) is 5.02 Å². The number of aliphatic hydroxyl groups excluding tert-OH is 2. The van der Waals surface area contributed by atoms with Gasteiger partial charge in [0.1, 0.15) is 22.1 Å². The Balaban J connectivity index is 1.92. The topological polar surface area (TPSA) is 161 Å². The molecule has 41 heavy (non-hydrogen) atoms. The number of phenols is 1. The average Bonchev–Trinajstić information content (AvgIpc) is 3.25. The van der Waals surface area contributed by atoms with Crippen LogP contribution in [0.15, 0.2) is 35.6 Å². The lowest BCUT2D eigenvalue weighted by Gasteiger charge is -2.38. The van der Waals surface area contributed by atoms with Crippen molar-refractivity contribution in [1.29, 1.82) is 0 Å². The molecule has 11 nitrogen and oxygen atoms in total. The minimum Gasteiger partial charge on any atom is -0.507 e. The molecule has 2 aromatic rings. The summed E-state index contributed by atoms with van der Waals surface area (Å²) in [6, 6.07) is 5.69. The Morgan fingerprint density at radius 2 is 1.78 bits per heavy atom. The van der Waals surface area contributed by atoms with Crippen LogP contribution in [0.1, 0.15) is 48.5 Å². The number of carbonyl (C=O) groups excluding carboxylic acids is 3. The summed E-state index contributed by atoms with van der Waals surface area (Å²) in [6.45, 7) is 3.06. The minimum atomic E-state index is -2.04. The number of aromatic hydroxyl groups is 1. The summed E-state index contributed by atoms with van der Waals surface area (Å²) in [4.78, 5) is 40.7. The van der Waals surface area contributed by atoms with Crippen molar-refractivity contribution in [2.45, 2.75) is 44.3 Å². The predicted molar refractivity (Wildman–Crippen MR) is 147 cm³/mol. The number of carbonyl (C=O) groups is 3. The summed E-state index contributed by atoms with van der Waals surface area (Å²) < 4.78 is 22.1. The van der Waals surface area contributed by atoms with E-state index >= 15 is 0 Å². The molecule has 4 rings (SSSR count). The molecule has 2 aromatic carbocycles. The van der Waals surface area contributed by atoms with Gasteiger partial charge in [0.15, 0.2) is 28.8 Å². The number of halogens is 1. The zero-order valence-electron chi connectivity index (χ0n) is 23.2. The van der Waals surface area contributed by atoms with E-state index in [4.69, 9.17) is 30.5 Å². The van der Waals surface area contributed by atoms with Gasteiger partial charge < -0.3 is 39.6 Å². The molecule has 1 spiro atoms. The van der Waals surface area contributed by atoms with Crippen molar-refractivity contribution in [1.82, 2.24) is 5.32 Å². The van der Waals surface area contributed by atoms with Crippen LogP contribution in [-0.4, -0.2) is 72.4 Å². The number of aliphatic hydroxyl groups is 2. The molecule has 0 saturated carbocycles. The first-order chi connectivity index (χ1) is 19.4. The van der Waals surface area contributed by atoms with E-state index in [0.717, 1.165) is 0 Å². The Morgan fingerprint density at radius 1 is 1.12 bits per heavy atom. The van der Waals surface area contributed by atoms with Crippen molar-refractivity contribution >= 4 is 29.1 Å². The fourth-order valence-electron chi connectivity index (χ4n) is 5.36. The van der Waals surface area contributed by atoms with Gasteiger partial charge in [-0.3, -0.25) is 14.4 Å². The zero-order chi connectivity index (χ0) is 30.2. The molecule has 4 atom stereocenters. The van der Waals surface area contributed by atoms with Gasteiger partial charge in [-0.25, -0.2) is 0 Å².